The SMILES string of the molecule is Cl.O=C(c1cnn(C2CCN(c3nnc(CO)[nH]3)CC2)c1C1CC1)N1CCCC1c1ccccc1C(F)(F)F. The van der Waals surface area contributed by atoms with Gasteiger partial charge in [0, 0.05) is 25.6 Å². The van der Waals surface area contributed by atoms with Gasteiger partial charge in [0.1, 0.15) is 6.61 Å². The summed E-state index contributed by atoms with van der Waals surface area (Å²) in [5.41, 5.74) is 0.933. The smallest absolute Gasteiger partial charge is 0.388 e. The highest BCUT2D eigenvalue weighted by molar-refractivity contribution is 5.96. The Balaban J connectivity index is 0.00000308. The maximum Gasteiger partial charge on any atom is 0.416 e. The van der Waals surface area contributed by atoms with E-state index in [1.807, 2.05) is 4.68 Å². The Morgan fingerprint density at radius 1 is 1.05 bits per heavy atom. The number of halogens is 4. The summed E-state index contributed by atoms with van der Waals surface area (Å²) in [4.78, 5) is 20.6. The maximum atomic E-state index is 13.9. The summed E-state index contributed by atoms with van der Waals surface area (Å²) in [6.07, 6.45) is 1.87. The molecule has 1 saturated carbocycles. The molecule has 2 aromatic heterocycles. The van der Waals surface area contributed by atoms with Crippen LogP contribution in [0.5, 0.6) is 0 Å². The van der Waals surface area contributed by atoms with E-state index in [2.05, 4.69) is 25.2 Å². The van der Waals surface area contributed by atoms with Crippen molar-refractivity contribution in [3.63, 3.8) is 0 Å². The second-order valence-electron chi connectivity index (χ2n) is 10.4. The molecule has 1 unspecified atom stereocenters. The van der Waals surface area contributed by atoms with Crippen LogP contribution < -0.4 is 4.90 Å². The number of aliphatic hydroxyl groups is 1. The van der Waals surface area contributed by atoms with E-state index in [-0.39, 0.29) is 42.4 Å². The van der Waals surface area contributed by atoms with Gasteiger partial charge >= 0.3 is 6.18 Å². The molecule has 1 amide bonds. The number of anilines is 1. The van der Waals surface area contributed by atoms with E-state index < -0.39 is 17.8 Å². The van der Waals surface area contributed by atoms with E-state index >= 15 is 0 Å². The molecule has 6 rings (SSSR count). The van der Waals surface area contributed by atoms with Crippen LogP contribution in [0.1, 0.15) is 89.5 Å². The Bertz CT molecular complexity index is 1310. The molecule has 210 valence electrons. The summed E-state index contributed by atoms with van der Waals surface area (Å²) >= 11 is 0. The van der Waals surface area contributed by atoms with Crippen molar-refractivity contribution in [2.24, 2.45) is 0 Å². The number of aliphatic hydroxyl groups excluding tert-OH is 1. The molecular formula is C26H31ClF3N7O2. The molecule has 2 aliphatic heterocycles. The lowest BCUT2D eigenvalue weighted by atomic mass is 9.97. The Labute approximate surface area is 229 Å². The number of aromatic amines is 1. The predicted octanol–water partition coefficient (Wildman–Crippen LogP) is 4.63. The maximum absolute atomic E-state index is 13.9. The molecule has 2 saturated heterocycles. The minimum absolute atomic E-state index is 0. The number of H-pyrrole nitrogens is 1. The number of hydrogen-bond acceptors (Lipinski definition) is 6. The highest BCUT2D eigenvalue weighted by Gasteiger charge is 2.41. The van der Waals surface area contributed by atoms with Crippen LogP contribution in [0.2, 0.25) is 0 Å². The van der Waals surface area contributed by atoms with Crippen molar-refractivity contribution in [2.45, 2.75) is 69.3 Å². The quantitative estimate of drug-likeness (QED) is 0.452. The molecule has 9 nitrogen and oxygen atoms in total. The fourth-order valence-corrected chi connectivity index (χ4v) is 5.95. The fraction of sp³-hybridized carbons (Fsp3) is 0.538. The molecule has 13 heteroatoms. The van der Waals surface area contributed by atoms with E-state index in [0.29, 0.717) is 36.7 Å². The first-order chi connectivity index (χ1) is 18.3. The van der Waals surface area contributed by atoms with Crippen LogP contribution in [0.25, 0.3) is 0 Å². The van der Waals surface area contributed by atoms with Gasteiger partial charge in [-0.05, 0) is 50.2 Å². The number of aromatic nitrogens is 5. The lowest BCUT2D eigenvalue weighted by Crippen LogP contribution is -2.36. The van der Waals surface area contributed by atoms with Gasteiger partial charge in [0.25, 0.3) is 5.91 Å². The van der Waals surface area contributed by atoms with Crippen molar-refractivity contribution in [2.75, 3.05) is 24.5 Å². The Morgan fingerprint density at radius 3 is 2.46 bits per heavy atom. The van der Waals surface area contributed by atoms with E-state index in [1.54, 1.807) is 17.2 Å². The van der Waals surface area contributed by atoms with Crippen LogP contribution in [-0.4, -0.2) is 60.5 Å². The Morgan fingerprint density at radius 2 is 1.79 bits per heavy atom. The van der Waals surface area contributed by atoms with E-state index in [1.165, 1.54) is 12.1 Å². The summed E-state index contributed by atoms with van der Waals surface area (Å²) in [7, 11) is 0. The normalized spacial score (nSPS) is 20.4. The van der Waals surface area contributed by atoms with Crippen molar-refractivity contribution < 1.29 is 23.1 Å². The number of carbonyl (C=O) groups excluding carboxylic acids is 1. The van der Waals surface area contributed by atoms with Gasteiger partial charge in [0.05, 0.1) is 35.1 Å². The number of amides is 1. The first kappa shape index (κ1) is 27.4. The average molecular weight is 566 g/mol. The third kappa shape index (κ3) is 5.23. The zero-order chi connectivity index (χ0) is 26.4. The van der Waals surface area contributed by atoms with E-state index in [4.69, 9.17) is 0 Å². The number of carbonyl (C=O) groups is 1. The monoisotopic (exact) mass is 565 g/mol. The minimum Gasteiger partial charge on any atom is -0.388 e. The molecule has 3 aliphatic rings. The lowest BCUT2D eigenvalue weighted by Gasteiger charge is -2.32. The van der Waals surface area contributed by atoms with Crippen LogP contribution in [0, 0.1) is 0 Å². The molecular weight excluding hydrogens is 535 g/mol. The predicted molar refractivity (Wildman–Crippen MR) is 139 cm³/mol. The molecule has 1 atom stereocenters. The molecule has 1 aliphatic carbocycles. The lowest BCUT2D eigenvalue weighted by molar-refractivity contribution is -0.138. The summed E-state index contributed by atoms with van der Waals surface area (Å²) < 4.78 is 43.3. The summed E-state index contributed by atoms with van der Waals surface area (Å²) in [6, 6.07) is 5.10. The number of piperidine rings is 1. The van der Waals surface area contributed by atoms with Crippen LogP contribution in [0.15, 0.2) is 30.5 Å². The van der Waals surface area contributed by atoms with Gasteiger partial charge in [0.2, 0.25) is 5.95 Å². The fourth-order valence-electron chi connectivity index (χ4n) is 5.95. The van der Waals surface area contributed by atoms with Gasteiger partial charge < -0.3 is 19.9 Å². The number of alkyl halides is 3. The van der Waals surface area contributed by atoms with Crippen molar-refractivity contribution in [3.8, 4) is 0 Å². The number of nitrogens with zero attached hydrogens (tertiary/aromatic N) is 6. The van der Waals surface area contributed by atoms with Gasteiger partial charge in [-0.3, -0.25) is 9.48 Å². The molecule has 0 spiro atoms. The first-order valence-electron chi connectivity index (χ1n) is 13.2. The molecule has 3 aromatic rings. The highest BCUT2D eigenvalue weighted by Crippen LogP contribution is 2.45. The van der Waals surface area contributed by atoms with E-state index in [9.17, 15) is 23.1 Å². The standard InChI is InChI=1S/C26H30F3N7O2.ClH/c27-26(28,29)20-5-2-1-4-18(20)21-6-3-11-35(21)24(38)19-14-30-36(23(19)16-7-8-16)17-9-12-34(13-10-17)25-31-22(15-37)32-33-25;/h1-2,4-5,14,16-17,21,37H,3,6-13,15H2,(H,31,32,33);1H. The largest absolute Gasteiger partial charge is 0.416 e. The number of hydrogen-bond donors (Lipinski definition) is 2. The minimum atomic E-state index is -4.47. The van der Waals surface area contributed by atoms with Crippen molar-refractivity contribution in [3.05, 3.63) is 58.7 Å². The van der Waals surface area contributed by atoms with Gasteiger partial charge in [-0.2, -0.15) is 18.3 Å². The van der Waals surface area contributed by atoms with Crippen LogP contribution >= 0.6 is 12.4 Å². The van der Waals surface area contributed by atoms with Gasteiger partial charge in [-0.1, -0.05) is 18.2 Å². The van der Waals surface area contributed by atoms with Crippen molar-refractivity contribution in [1.82, 2.24) is 29.9 Å². The van der Waals surface area contributed by atoms with Crippen LogP contribution in [0.3, 0.4) is 0 Å². The zero-order valence-electron chi connectivity index (χ0n) is 21.3. The van der Waals surface area contributed by atoms with Gasteiger partial charge in [-0.15, -0.1) is 22.6 Å². The van der Waals surface area contributed by atoms with Gasteiger partial charge in [0.15, 0.2) is 5.82 Å². The molecule has 0 radical (unpaired) electrons. The Hall–Kier alpha value is -3.12. The second-order valence-corrected chi connectivity index (χ2v) is 10.4. The summed E-state index contributed by atoms with van der Waals surface area (Å²) in [6.45, 7) is 1.68. The molecule has 0 bridgehead atoms. The van der Waals surface area contributed by atoms with Gasteiger partial charge in [-0.25, -0.2) is 0 Å². The van der Waals surface area contributed by atoms with Crippen molar-refractivity contribution >= 4 is 24.3 Å². The molecule has 3 fully saturated rings. The third-order valence-corrected chi connectivity index (χ3v) is 7.95. The Kier molecular flexibility index (Phi) is 7.60. The summed E-state index contributed by atoms with van der Waals surface area (Å²) in [5.74, 6) is 1.07. The highest BCUT2D eigenvalue weighted by atomic mass is 35.5. The number of likely N-dealkylation sites (tertiary alicyclic amines) is 1. The number of rotatable bonds is 6. The second kappa shape index (κ2) is 10.8. The number of benzene rings is 1. The average Bonchev–Trinajstić information content (AvgIpc) is 3.32. The zero-order valence-corrected chi connectivity index (χ0v) is 22.1. The van der Waals surface area contributed by atoms with Crippen molar-refractivity contribution in [1.29, 1.82) is 0 Å². The van der Waals surface area contributed by atoms with Crippen LogP contribution in [-0.2, 0) is 12.8 Å². The molecule has 2 N–H and O–H groups in total. The first-order valence-corrected chi connectivity index (χ1v) is 13.2. The molecule has 39 heavy (non-hydrogen) atoms. The van der Waals surface area contributed by atoms with E-state index in [0.717, 1.165) is 50.5 Å². The third-order valence-electron chi connectivity index (χ3n) is 7.95. The van der Waals surface area contributed by atoms with Crippen LogP contribution in [0.4, 0.5) is 19.1 Å². The molecule has 4 heterocycles. The molecule has 1 aromatic carbocycles. The topological polar surface area (TPSA) is 103 Å². The number of nitrogens with one attached hydrogen (secondary N) is 1. The summed E-state index contributed by atoms with van der Waals surface area (Å²) in [5, 5.41) is 21.9.